The van der Waals surface area contributed by atoms with Gasteiger partial charge in [-0.3, -0.25) is 4.79 Å². The Morgan fingerprint density at radius 2 is 2.10 bits per heavy atom. The van der Waals surface area contributed by atoms with Gasteiger partial charge < -0.3 is 10.2 Å². The van der Waals surface area contributed by atoms with E-state index in [2.05, 4.69) is 30.4 Å². The van der Waals surface area contributed by atoms with Gasteiger partial charge in [-0.1, -0.05) is 30.3 Å². The van der Waals surface area contributed by atoms with E-state index >= 15 is 0 Å². The third kappa shape index (κ3) is 4.30. The number of hydrogen-bond donors (Lipinski definition) is 2. The van der Waals surface area contributed by atoms with Crippen LogP contribution in [-0.4, -0.2) is 24.5 Å². The maximum absolute atomic E-state index is 12.2. The van der Waals surface area contributed by atoms with Crippen LogP contribution in [0, 0.1) is 17.2 Å². The molecule has 21 heavy (non-hydrogen) atoms. The zero-order valence-corrected chi connectivity index (χ0v) is 12.9. The molecule has 0 heterocycles. The second-order valence-electron chi connectivity index (χ2n) is 6.08. The fraction of sp³-hybridized carbons (Fsp3) is 0.529. The zero-order valence-electron chi connectivity index (χ0n) is 12.9. The molecule has 1 aliphatic carbocycles. The third-order valence-electron chi connectivity index (χ3n) is 4.23. The summed E-state index contributed by atoms with van der Waals surface area (Å²) in [7, 11) is 0. The van der Waals surface area contributed by atoms with E-state index in [0.717, 1.165) is 25.9 Å². The quantitative estimate of drug-likeness (QED) is 0.782. The summed E-state index contributed by atoms with van der Waals surface area (Å²) < 4.78 is 0. The van der Waals surface area contributed by atoms with E-state index in [4.69, 9.17) is 0 Å². The van der Waals surface area contributed by atoms with Crippen molar-refractivity contribution in [3.63, 3.8) is 0 Å². The van der Waals surface area contributed by atoms with Crippen molar-refractivity contribution >= 4 is 5.91 Å². The van der Waals surface area contributed by atoms with Crippen LogP contribution in [0.1, 0.15) is 32.3 Å². The minimum Gasteiger partial charge on any atom is -0.333 e. The second-order valence-corrected chi connectivity index (χ2v) is 6.08. The highest BCUT2D eigenvalue weighted by molar-refractivity contribution is 5.78. The summed E-state index contributed by atoms with van der Waals surface area (Å²) in [5, 5.41) is 12.2. The lowest BCUT2D eigenvalue weighted by atomic mass is 9.98. The van der Waals surface area contributed by atoms with Gasteiger partial charge in [0.1, 0.15) is 12.1 Å². The molecule has 0 saturated heterocycles. The summed E-state index contributed by atoms with van der Waals surface area (Å²) in [5.41, 5.74) is 0.537. The molecule has 0 aromatic heterocycles. The Bertz CT molecular complexity index is 519. The molecule has 1 fully saturated rings. The molecule has 4 heteroatoms. The predicted molar refractivity (Wildman–Crippen MR) is 81.4 cm³/mol. The number of amides is 1. The van der Waals surface area contributed by atoms with Gasteiger partial charge in [-0.2, -0.15) is 5.26 Å². The van der Waals surface area contributed by atoms with Crippen LogP contribution in [-0.2, 0) is 11.3 Å². The molecule has 0 spiro atoms. The number of carbonyl (C=O) groups is 1. The number of nitrogens with one attached hydrogen (secondary N) is 2. The van der Waals surface area contributed by atoms with Crippen molar-refractivity contribution in [2.75, 3.05) is 13.1 Å². The Labute approximate surface area is 126 Å². The van der Waals surface area contributed by atoms with Crippen molar-refractivity contribution in [1.82, 2.24) is 5.32 Å². The van der Waals surface area contributed by atoms with Gasteiger partial charge in [-0.05, 0) is 32.6 Å². The summed E-state index contributed by atoms with van der Waals surface area (Å²) in [6, 6.07) is 12.5. The third-order valence-corrected chi connectivity index (χ3v) is 4.23. The van der Waals surface area contributed by atoms with Crippen LogP contribution >= 0.6 is 0 Å². The highest BCUT2D eigenvalue weighted by atomic mass is 16.2. The Hall–Kier alpha value is -1.86. The van der Waals surface area contributed by atoms with Gasteiger partial charge in [0.25, 0.3) is 5.91 Å². The summed E-state index contributed by atoms with van der Waals surface area (Å²) in [6.07, 6.45) is 2.08. The van der Waals surface area contributed by atoms with Crippen LogP contribution in [0.3, 0.4) is 0 Å². The molecule has 1 aromatic carbocycles. The first-order valence-corrected chi connectivity index (χ1v) is 7.67. The molecule has 2 N–H and O–H groups in total. The molecule has 2 atom stereocenters. The summed E-state index contributed by atoms with van der Waals surface area (Å²) in [6.45, 7) is 6.04. The molecule has 1 aliphatic rings. The Morgan fingerprint density at radius 1 is 1.43 bits per heavy atom. The zero-order chi connectivity index (χ0) is 15.3. The average Bonchev–Trinajstić information content (AvgIpc) is 3.32. The molecule has 1 saturated carbocycles. The molecule has 1 aromatic rings. The number of rotatable bonds is 7. The average molecular weight is 286 g/mol. The molecule has 1 amide bonds. The van der Waals surface area contributed by atoms with E-state index in [1.807, 2.05) is 25.1 Å². The predicted octanol–water partition coefficient (Wildman–Crippen LogP) is 0.900. The van der Waals surface area contributed by atoms with Crippen LogP contribution in [0.4, 0.5) is 0 Å². The number of hydrogen-bond acceptors (Lipinski definition) is 2. The topological polar surface area (TPSA) is 57.3 Å². The molecule has 2 rings (SSSR count). The van der Waals surface area contributed by atoms with E-state index in [1.54, 1.807) is 0 Å². The Kier molecular flexibility index (Phi) is 4.98. The van der Waals surface area contributed by atoms with Crippen LogP contribution < -0.4 is 10.2 Å². The smallest absolute Gasteiger partial charge is 0.276 e. The highest BCUT2D eigenvalue weighted by Gasteiger charge is 2.43. The second kappa shape index (κ2) is 6.73. The Balaban J connectivity index is 1.89. The lowest BCUT2D eigenvalue weighted by Gasteiger charge is -2.24. The van der Waals surface area contributed by atoms with E-state index in [-0.39, 0.29) is 5.91 Å². The summed E-state index contributed by atoms with van der Waals surface area (Å²) in [4.78, 5) is 13.4. The minimum atomic E-state index is -0.692. The molecular formula is C17H24N3O+. The largest absolute Gasteiger partial charge is 0.333 e. The fourth-order valence-electron chi connectivity index (χ4n) is 2.64. The first-order valence-electron chi connectivity index (χ1n) is 7.67. The van der Waals surface area contributed by atoms with Gasteiger partial charge >= 0.3 is 0 Å². The number of quaternary nitrogens is 1. The molecule has 1 unspecified atom stereocenters. The first kappa shape index (κ1) is 15.5. The fourth-order valence-corrected chi connectivity index (χ4v) is 2.64. The highest BCUT2D eigenvalue weighted by Crippen LogP contribution is 2.39. The van der Waals surface area contributed by atoms with Gasteiger partial charge in [-0.25, -0.2) is 0 Å². The van der Waals surface area contributed by atoms with Gasteiger partial charge in [0.05, 0.1) is 12.6 Å². The van der Waals surface area contributed by atoms with Crippen molar-refractivity contribution < 1.29 is 9.69 Å². The van der Waals surface area contributed by atoms with Gasteiger partial charge in [-0.15, -0.1) is 0 Å². The number of carbonyl (C=O) groups excluding carboxylic acids is 1. The normalized spacial score (nSPS) is 18.3. The van der Waals surface area contributed by atoms with Gasteiger partial charge in [0.2, 0.25) is 0 Å². The van der Waals surface area contributed by atoms with Crippen molar-refractivity contribution in [3.05, 3.63) is 35.9 Å². The Morgan fingerprint density at radius 3 is 2.62 bits per heavy atom. The number of benzene rings is 1. The SMILES string of the molecule is CC[NH+](CC(=O)N[C@@](C)(C#N)C1CC1)Cc1ccccc1. The lowest BCUT2D eigenvalue weighted by Crippen LogP contribution is -3.11. The number of nitriles is 1. The minimum absolute atomic E-state index is 0.0290. The van der Waals surface area contributed by atoms with Crippen LogP contribution in [0.5, 0.6) is 0 Å². The summed E-state index contributed by atoms with van der Waals surface area (Å²) in [5.74, 6) is 0.296. The van der Waals surface area contributed by atoms with E-state index in [0.29, 0.717) is 12.5 Å². The maximum atomic E-state index is 12.2. The lowest BCUT2D eigenvalue weighted by molar-refractivity contribution is -0.904. The molecule has 0 bridgehead atoms. The van der Waals surface area contributed by atoms with Gasteiger partial charge in [0.15, 0.2) is 6.54 Å². The van der Waals surface area contributed by atoms with E-state index < -0.39 is 5.54 Å². The molecule has 4 nitrogen and oxygen atoms in total. The van der Waals surface area contributed by atoms with Crippen molar-refractivity contribution in [2.24, 2.45) is 5.92 Å². The standard InChI is InChI=1S/C17H23N3O/c1-3-20(11-14-7-5-4-6-8-14)12-16(21)19-17(2,13-18)15-9-10-15/h4-8,15H,3,9-12H2,1-2H3,(H,19,21)/p+1/t17-/m0/s1. The van der Waals surface area contributed by atoms with Crippen LogP contribution in [0.2, 0.25) is 0 Å². The first-order chi connectivity index (χ1) is 10.1. The van der Waals surface area contributed by atoms with E-state index in [1.165, 1.54) is 10.5 Å². The number of likely N-dealkylation sites (N-methyl/N-ethyl adjacent to an activating group) is 1. The molecule has 0 radical (unpaired) electrons. The van der Waals surface area contributed by atoms with E-state index in [9.17, 15) is 10.1 Å². The monoisotopic (exact) mass is 286 g/mol. The number of nitrogens with zero attached hydrogens (tertiary/aromatic N) is 1. The van der Waals surface area contributed by atoms with Crippen LogP contribution in [0.25, 0.3) is 0 Å². The summed E-state index contributed by atoms with van der Waals surface area (Å²) >= 11 is 0. The van der Waals surface area contributed by atoms with Crippen molar-refractivity contribution in [1.29, 1.82) is 5.26 Å². The van der Waals surface area contributed by atoms with Crippen molar-refractivity contribution in [3.8, 4) is 6.07 Å². The van der Waals surface area contributed by atoms with Crippen LogP contribution in [0.15, 0.2) is 30.3 Å². The molecular weight excluding hydrogens is 262 g/mol. The van der Waals surface area contributed by atoms with Gasteiger partial charge in [0, 0.05) is 5.56 Å². The van der Waals surface area contributed by atoms with Crippen molar-refractivity contribution in [2.45, 2.75) is 38.8 Å². The maximum Gasteiger partial charge on any atom is 0.276 e. The molecule has 0 aliphatic heterocycles. The molecule has 112 valence electrons.